The van der Waals surface area contributed by atoms with Gasteiger partial charge in [-0.3, -0.25) is 4.98 Å². The van der Waals surface area contributed by atoms with Gasteiger partial charge in [-0.15, -0.1) is 5.10 Å². The van der Waals surface area contributed by atoms with Crippen molar-refractivity contribution in [3.05, 3.63) is 70.9 Å². The molecule has 0 saturated carbocycles. The van der Waals surface area contributed by atoms with Crippen LogP contribution in [-0.2, 0) is 12.0 Å². The van der Waals surface area contributed by atoms with E-state index in [2.05, 4.69) is 25.3 Å². The molecule has 0 saturated heterocycles. The molecule has 0 aliphatic rings. The van der Waals surface area contributed by atoms with Crippen molar-refractivity contribution in [3.8, 4) is 22.8 Å². The zero-order chi connectivity index (χ0) is 23.8. The molecular weight excluding hydrogens is 421 g/mol. The molecule has 1 aromatic carbocycles. The maximum atomic E-state index is 14.9. The van der Waals surface area contributed by atoms with Crippen LogP contribution in [0.3, 0.4) is 0 Å². The Labute approximate surface area is 191 Å². The van der Waals surface area contributed by atoms with E-state index in [1.165, 1.54) is 0 Å². The number of aliphatic hydroxyl groups excluding tert-OH is 1. The summed E-state index contributed by atoms with van der Waals surface area (Å²) in [6.45, 7) is 8.10. The first-order valence-electron chi connectivity index (χ1n) is 10.6. The molecule has 4 aromatic rings. The fraction of sp³-hybridized carbons (Fsp3) is 0.292. The molecule has 3 aromatic heterocycles. The largest absolute Gasteiger partial charge is 0.395 e. The minimum absolute atomic E-state index is 0.00669. The van der Waals surface area contributed by atoms with Crippen molar-refractivity contribution in [1.82, 2.24) is 29.9 Å². The topological polar surface area (TPSA) is 116 Å². The van der Waals surface area contributed by atoms with Crippen LogP contribution >= 0.6 is 0 Å². The van der Waals surface area contributed by atoms with Crippen molar-refractivity contribution >= 4 is 5.82 Å². The van der Waals surface area contributed by atoms with Crippen LogP contribution in [0.5, 0.6) is 0 Å². The highest BCUT2D eigenvalue weighted by atomic mass is 19.1. The third-order valence-corrected chi connectivity index (χ3v) is 5.72. The van der Waals surface area contributed by atoms with Gasteiger partial charge in [-0.25, -0.2) is 19.0 Å². The molecule has 0 radical (unpaired) electrons. The van der Waals surface area contributed by atoms with Gasteiger partial charge in [0.05, 0.1) is 25.0 Å². The number of aryl methyl sites for hydroxylation is 1. The second-order valence-electron chi connectivity index (χ2n) is 8.70. The van der Waals surface area contributed by atoms with E-state index in [0.717, 1.165) is 28.1 Å². The number of pyridine rings is 1. The second kappa shape index (κ2) is 8.67. The maximum Gasteiger partial charge on any atom is 0.193 e. The quantitative estimate of drug-likeness (QED) is 0.465. The van der Waals surface area contributed by atoms with Crippen molar-refractivity contribution in [2.24, 2.45) is 0 Å². The zero-order valence-electron chi connectivity index (χ0n) is 19.0. The summed E-state index contributed by atoms with van der Waals surface area (Å²) in [6.07, 6.45) is 1.60. The summed E-state index contributed by atoms with van der Waals surface area (Å²) >= 11 is 0. The molecule has 0 amide bonds. The smallest absolute Gasteiger partial charge is 0.193 e. The second-order valence-corrected chi connectivity index (χ2v) is 8.70. The van der Waals surface area contributed by atoms with Gasteiger partial charge in [-0.2, -0.15) is 0 Å². The number of hydrogen-bond acceptors (Lipinski definition) is 7. The van der Waals surface area contributed by atoms with Crippen LogP contribution < -0.4 is 5.73 Å². The lowest BCUT2D eigenvalue weighted by molar-refractivity contribution is 0.215. The van der Waals surface area contributed by atoms with Crippen LogP contribution in [0.15, 0.2) is 42.6 Å². The number of aromatic nitrogens is 6. The lowest BCUT2D eigenvalue weighted by atomic mass is 9.90. The van der Waals surface area contributed by atoms with Gasteiger partial charge >= 0.3 is 0 Å². The molecule has 0 spiro atoms. The predicted octanol–water partition coefficient (Wildman–Crippen LogP) is 3.45. The predicted molar refractivity (Wildman–Crippen MR) is 124 cm³/mol. The van der Waals surface area contributed by atoms with Crippen molar-refractivity contribution in [2.45, 2.75) is 39.7 Å². The van der Waals surface area contributed by atoms with E-state index in [-0.39, 0.29) is 23.8 Å². The summed E-state index contributed by atoms with van der Waals surface area (Å²) < 4.78 is 16.4. The van der Waals surface area contributed by atoms with Crippen LogP contribution in [0, 0.1) is 19.7 Å². The summed E-state index contributed by atoms with van der Waals surface area (Å²) in [4.78, 5) is 13.2. The van der Waals surface area contributed by atoms with Crippen LogP contribution in [0.25, 0.3) is 22.8 Å². The average molecular weight is 448 g/mol. The fourth-order valence-corrected chi connectivity index (χ4v) is 3.42. The Balaban J connectivity index is 1.67. The lowest BCUT2D eigenvalue weighted by Gasteiger charge is -2.21. The van der Waals surface area contributed by atoms with E-state index >= 15 is 0 Å². The number of rotatable bonds is 6. The Hall–Kier alpha value is -3.72. The maximum absolute atomic E-state index is 14.9. The lowest BCUT2D eigenvalue weighted by Crippen LogP contribution is -2.24. The van der Waals surface area contributed by atoms with E-state index in [0.29, 0.717) is 12.4 Å². The van der Waals surface area contributed by atoms with E-state index in [9.17, 15) is 9.50 Å². The van der Waals surface area contributed by atoms with Crippen LogP contribution in [-0.4, -0.2) is 41.7 Å². The minimum Gasteiger partial charge on any atom is -0.395 e. The first kappa shape index (κ1) is 22.5. The minimum atomic E-state index is -0.735. The summed E-state index contributed by atoms with van der Waals surface area (Å²) in [5.74, 6) is -0.646. The molecule has 0 fully saturated rings. The molecule has 3 N–H and O–H groups in total. The Morgan fingerprint density at radius 3 is 2.58 bits per heavy atom. The molecule has 8 nitrogen and oxygen atoms in total. The highest BCUT2D eigenvalue weighted by molar-refractivity contribution is 5.67. The number of nitrogen functional groups attached to an aromatic ring is 1. The Bertz CT molecular complexity index is 1320. The number of nitrogens with zero attached hydrogens (tertiary/aromatic N) is 6. The molecule has 0 atom stereocenters. The molecule has 170 valence electrons. The molecule has 9 heteroatoms. The van der Waals surface area contributed by atoms with E-state index in [1.54, 1.807) is 10.9 Å². The van der Waals surface area contributed by atoms with Gasteiger partial charge < -0.3 is 10.8 Å². The van der Waals surface area contributed by atoms with E-state index in [4.69, 9.17) is 5.73 Å². The Morgan fingerprint density at radius 1 is 1.06 bits per heavy atom. The van der Waals surface area contributed by atoms with Crippen LogP contribution in [0.2, 0.25) is 0 Å². The van der Waals surface area contributed by atoms with E-state index < -0.39 is 11.2 Å². The normalized spacial score (nSPS) is 11.7. The SMILES string of the molecule is Cc1cccc(-c2nc(N)c(F)c(-c3cn(Cc4cccc(C(C)(C)CO)n4)nn3)n2)c1C. The third kappa shape index (κ3) is 4.45. The number of aliphatic hydroxyl groups is 1. The fourth-order valence-electron chi connectivity index (χ4n) is 3.42. The summed E-state index contributed by atoms with van der Waals surface area (Å²) in [7, 11) is 0. The Morgan fingerprint density at radius 2 is 1.82 bits per heavy atom. The van der Waals surface area contributed by atoms with Crippen molar-refractivity contribution in [2.75, 3.05) is 12.3 Å². The first-order chi connectivity index (χ1) is 15.7. The molecule has 0 bridgehead atoms. The first-order valence-corrected chi connectivity index (χ1v) is 10.6. The number of hydrogen-bond donors (Lipinski definition) is 2. The van der Waals surface area contributed by atoms with Gasteiger partial charge in [-0.1, -0.05) is 43.3 Å². The molecule has 0 aliphatic carbocycles. The van der Waals surface area contributed by atoms with Gasteiger partial charge in [-0.05, 0) is 37.1 Å². The number of halogens is 1. The highest BCUT2D eigenvalue weighted by Gasteiger charge is 2.22. The monoisotopic (exact) mass is 447 g/mol. The molecule has 0 aliphatic heterocycles. The van der Waals surface area contributed by atoms with Crippen molar-refractivity contribution < 1.29 is 9.50 Å². The summed E-state index contributed by atoms with van der Waals surface area (Å²) in [5, 5.41) is 17.8. The highest BCUT2D eigenvalue weighted by Crippen LogP contribution is 2.28. The van der Waals surface area contributed by atoms with Gasteiger partial charge in [0, 0.05) is 16.7 Å². The summed E-state index contributed by atoms with van der Waals surface area (Å²) in [5.41, 5.74) is 10.0. The van der Waals surface area contributed by atoms with Gasteiger partial charge in [0.1, 0.15) is 11.4 Å². The number of nitrogens with two attached hydrogens (primary N) is 1. The van der Waals surface area contributed by atoms with Crippen molar-refractivity contribution in [1.29, 1.82) is 0 Å². The molecule has 0 unspecified atom stereocenters. The number of benzene rings is 1. The van der Waals surface area contributed by atoms with E-state index in [1.807, 2.05) is 64.1 Å². The molecule has 3 heterocycles. The third-order valence-electron chi connectivity index (χ3n) is 5.72. The molecular formula is C24H26FN7O. The summed E-state index contributed by atoms with van der Waals surface area (Å²) in [6, 6.07) is 11.4. The Kier molecular flexibility index (Phi) is 5.90. The van der Waals surface area contributed by atoms with Crippen LogP contribution in [0.4, 0.5) is 10.2 Å². The average Bonchev–Trinajstić information content (AvgIpc) is 3.26. The van der Waals surface area contributed by atoms with Gasteiger partial charge in [0.15, 0.2) is 17.5 Å². The zero-order valence-corrected chi connectivity index (χ0v) is 19.0. The standard InChI is InChI=1S/C24H26FN7O/c1-14-7-5-9-17(15(14)2)23-28-21(20(25)22(26)29-23)18-12-32(31-30-18)11-16-8-6-10-19(27-16)24(3,4)13-33/h5-10,12,33H,11,13H2,1-4H3,(H2,26,28,29). The molecule has 4 rings (SSSR count). The van der Waals surface area contributed by atoms with Gasteiger partial charge in [0.25, 0.3) is 0 Å². The van der Waals surface area contributed by atoms with Gasteiger partial charge in [0.2, 0.25) is 0 Å². The van der Waals surface area contributed by atoms with Crippen molar-refractivity contribution in [3.63, 3.8) is 0 Å². The number of anilines is 1. The van der Waals surface area contributed by atoms with Crippen LogP contribution in [0.1, 0.15) is 36.4 Å². The molecule has 33 heavy (non-hydrogen) atoms.